The lowest BCUT2D eigenvalue weighted by atomic mass is 10.0. The third-order valence-electron chi connectivity index (χ3n) is 6.10. The minimum Gasteiger partial charge on any atom is -0.356 e. The molecule has 0 saturated heterocycles. The van der Waals surface area contributed by atoms with E-state index in [1.807, 2.05) is 12.1 Å². The van der Waals surface area contributed by atoms with Gasteiger partial charge in [0.2, 0.25) is 0 Å². The lowest BCUT2D eigenvalue weighted by Crippen LogP contribution is -1.88. The molecule has 30 heavy (non-hydrogen) atoms. The molecule has 0 amide bonds. The molecular weight excluding hydrogens is 366 g/mol. The van der Waals surface area contributed by atoms with Gasteiger partial charge in [0.15, 0.2) is 6.29 Å². The molecule has 0 aliphatic rings. The quantitative estimate of drug-likeness (QED) is 0.114. The van der Waals surface area contributed by atoms with E-state index in [1.54, 1.807) is 0 Å². The number of allylic oxidation sites excluding steroid dienone is 2. The Hall–Kier alpha value is -1.31. The van der Waals surface area contributed by atoms with Crippen molar-refractivity contribution in [1.82, 2.24) is 4.98 Å². The predicted octanol–water partition coefficient (Wildman–Crippen LogP) is 9.36. The zero-order valence-corrected chi connectivity index (χ0v) is 19.9. The normalized spacial score (nSPS) is 11.5. The molecule has 2 heteroatoms. The summed E-state index contributed by atoms with van der Waals surface area (Å²) in [6.07, 6.45) is 32.9. The van der Waals surface area contributed by atoms with Crippen molar-refractivity contribution in [2.75, 3.05) is 0 Å². The molecule has 0 unspecified atom stereocenters. The summed E-state index contributed by atoms with van der Waals surface area (Å²) in [6, 6.07) is 3.91. The number of rotatable bonds is 22. The van der Waals surface area contributed by atoms with Crippen molar-refractivity contribution < 1.29 is 4.79 Å². The molecule has 0 bridgehead atoms. The average Bonchev–Trinajstić information content (AvgIpc) is 3.23. The van der Waals surface area contributed by atoms with Gasteiger partial charge in [0, 0.05) is 5.69 Å². The van der Waals surface area contributed by atoms with Gasteiger partial charge in [0.25, 0.3) is 0 Å². The highest BCUT2D eigenvalue weighted by Gasteiger charge is 1.98. The number of hydrogen-bond acceptors (Lipinski definition) is 1. The van der Waals surface area contributed by atoms with Crippen molar-refractivity contribution >= 4 is 6.29 Å². The monoisotopic (exact) mass is 415 g/mol. The molecule has 0 fully saturated rings. The van der Waals surface area contributed by atoms with Crippen molar-refractivity contribution in [2.45, 2.75) is 135 Å². The van der Waals surface area contributed by atoms with Crippen LogP contribution < -0.4 is 0 Å². The van der Waals surface area contributed by atoms with Gasteiger partial charge in [-0.25, -0.2) is 0 Å². The smallest absolute Gasteiger partial charge is 0.166 e. The SMILES string of the molecule is CCCCCCCC/C=C\CCCCCCCCCCCCCc1ccc(C=O)[nH]1. The fraction of sp³-hybridized carbons (Fsp3) is 0.750. The molecule has 0 spiro atoms. The third-order valence-corrected chi connectivity index (χ3v) is 6.10. The maximum absolute atomic E-state index is 10.7. The van der Waals surface area contributed by atoms with Crippen molar-refractivity contribution in [3.8, 4) is 0 Å². The van der Waals surface area contributed by atoms with E-state index in [1.165, 1.54) is 128 Å². The number of aryl methyl sites for hydroxylation is 1. The summed E-state index contributed by atoms with van der Waals surface area (Å²) in [5, 5.41) is 0. The van der Waals surface area contributed by atoms with Gasteiger partial charge < -0.3 is 4.98 Å². The zero-order valence-electron chi connectivity index (χ0n) is 19.9. The lowest BCUT2D eigenvalue weighted by molar-refractivity contribution is 0.111. The van der Waals surface area contributed by atoms with Crippen LogP contribution in [0.1, 0.15) is 145 Å². The number of carbonyl (C=O) groups is 1. The van der Waals surface area contributed by atoms with Crippen molar-refractivity contribution in [2.24, 2.45) is 0 Å². The number of aromatic amines is 1. The van der Waals surface area contributed by atoms with Gasteiger partial charge in [-0.1, -0.05) is 109 Å². The number of aromatic nitrogens is 1. The summed E-state index contributed by atoms with van der Waals surface area (Å²) in [6.45, 7) is 2.28. The molecular formula is C28H49NO. The Morgan fingerprint density at radius 3 is 1.57 bits per heavy atom. The minimum atomic E-state index is 0.699. The first kappa shape index (κ1) is 26.7. The number of hydrogen-bond donors (Lipinski definition) is 1. The Labute approximate surface area is 187 Å². The highest BCUT2D eigenvalue weighted by atomic mass is 16.1. The molecule has 1 heterocycles. The second kappa shape index (κ2) is 20.9. The number of nitrogens with one attached hydrogen (secondary N) is 1. The maximum atomic E-state index is 10.7. The maximum Gasteiger partial charge on any atom is 0.166 e. The first-order chi connectivity index (χ1) is 14.9. The lowest BCUT2D eigenvalue weighted by Gasteiger charge is -2.03. The Kier molecular flexibility index (Phi) is 18.7. The standard InChI is InChI=1S/C28H49NO/c1-2-3-4-5-6-7-8-9-10-11-12-13-14-15-16-17-18-19-20-21-22-23-27-24-25-28(26-30)29-27/h9-10,24-26,29H,2-8,11-23H2,1H3/b10-9-. The summed E-state index contributed by atoms with van der Waals surface area (Å²) in [7, 11) is 0. The first-order valence-electron chi connectivity index (χ1n) is 13.1. The summed E-state index contributed by atoms with van der Waals surface area (Å²) in [4.78, 5) is 13.8. The molecule has 0 aliphatic carbocycles. The van der Waals surface area contributed by atoms with Crippen LogP contribution in [0.3, 0.4) is 0 Å². The molecule has 0 saturated carbocycles. The van der Waals surface area contributed by atoms with Gasteiger partial charge in [-0.3, -0.25) is 4.79 Å². The zero-order chi connectivity index (χ0) is 21.5. The van der Waals surface area contributed by atoms with Gasteiger partial charge in [-0.2, -0.15) is 0 Å². The first-order valence-corrected chi connectivity index (χ1v) is 13.1. The number of H-pyrrole nitrogens is 1. The topological polar surface area (TPSA) is 32.9 Å². The second-order valence-electron chi connectivity index (χ2n) is 9.01. The largest absolute Gasteiger partial charge is 0.356 e. The molecule has 0 aromatic carbocycles. The predicted molar refractivity (Wildman–Crippen MR) is 132 cm³/mol. The van der Waals surface area contributed by atoms with Crippen LogP contribution in [0.2, 0.25) is 0 Å². The number of unbranched alkanes of at least 4 members (excludes halogenated alkanes) is 17. The van der Waals surface area contributed by atoms with E-state index >= 15 is 0 Å². The third kappa shape index (κ3) is 16.5. The second-order valence-corrected chi connectivity index (χ2v) is 9.01. The van der Waals surface area contributed by atoms with E-state index in [0.29, 0.717) is 5.69 Å². The van der Waals surface area contributed by atoms with E-state index in [2.05, 4.69) is 24.1 Å². The van der Waals surface area contributed by atoms with E-state index in [4.69, 9.17) is 0 Å². The molecule has 1 N–H and O–H groups in total. The van der Waals surface area contributed by atoms with Crippen LogP contribution in [0.4, 0.5) is 0 Å². The van der Waals surface area contributed by atoms with Crippen LogP contribution in [0.15, 0.2) is 24.3 Å². The number of carbonyl (C=O) groups excluding carboxylic acids is 1. The molecule has 0 aliphatic heterocycles. The van der Waals surface area contributed by atoms with Crippen LogP contribution in [0, 0.1) is 0 Å². The fourth-order valence-corrected chi connectivity index (χ4v) is 4.12. The molecule has 0 atom stereocenters. The van der Waals surface area contributed by atoms with Crippen molar-refractivity contribution in [1.29, 1.82) is 0 Å². The summed E-state index contributed by atoms with van der Waals surface area (Å²) in [5.74, 6) is 0. The Bertz CT molecular complexity index is 516. The highest BCUT2D eigenvalue weighted by molar-refractivity contribution is 5.71. The number of aldehydes is 1. The van der Waals surface area contributed by atoms with Crippen LogP contribution in [0.5, 0.6) is 0 Å². The van der Waals surface area contributed by atoms with E-state index in [-0.39, 0.29) is 0 Å². The fourth-order valence-electron chi connectivity index (χ4n) is 4.12. The van der Waals surface area contributed by atoms with E-state index in [9.17, 15) is 4.79 Å². The molecule has 0 radical (unpaired) electrons. The van der Waals surface area contributed by atoms with E-state index in [0.717, 1.165) is 12.7 Å². The summed E-state index contributed by atoms with van der Waals surface area (Å²) >= 11 is 0. The summed E-state index contributed by atoms with van der Waals surface area (Å²) in [5.41, 5.74) is 1.90. The van der Waals surface area contributed by atoms with Crippen LogP contribution >= 0.6 is 0 Å². The average molecular weight is 416 g/mol. The molecule has 172 valence electrons. The minimum absolute atomic E-state index is 0.699. The van der Waals surface area contributed by atoms with Gasteiger partial charge in [-0.15, -0.1) is 0 Å². The van der Waals surface area contributed by atoms with Gasteiger partial charge in [0.05, 0.1) is 5.69 Å². The van der Waals surface area contributed by atoms with Crippen molar-refractivity contribution in [3.05, 3.63) is 35.7 Å². The van der Waals surface area contributed by atoms with Crippen LogP contribution in [0.25, 0.3) is 0 Å². The summed E-state index contributed by atoms with van der Waals surface area (Å²) < 4.78 is 0. The molecule has 1 aromatic heterocycles. The molecule has 2 nitrogen and oxygen atoms in total. The van der Waals surface area contributed by atoms with Crippen LogP contribution in [-0.2, 0) is 6.42 Å². The van der Waals surface area contributed by atoms with Gasteiger partial charge in [0.1, 0.15) is 0 Å². The van der Waals surface area contributed by atoms with E-state index < -0.39 is 0 Å². The van der Waals surface area contributed by atoms with Crippen LogP contribution in [-0.4, -0.2) is 11.3 Å². The van der Waals surface area contributed by atoms with Gasteiger partial charge in [-0.05, 0) is 50.7 Å². The Balaban J connectivity index is 1.72. The highest BCUT2D eigenvalue weighted by Crippen LogP contribution is 2.14. The molecule has 1 aromatic rings. The Morgan fingerprint density at radius 1 is 0.633 bits per heavy atom. The Morgan fingerprint density at radius 2 is 1.10 bits per heavy atom. The molecule has 1 rings (SSSR count). The van der Waals surface area contributed by atoms with Crippen molar-refractivity contribution in [3.63, 3.8) is 0 Å². The van der Waals surface area contributed by atoms with Gasteiger partial charge >= 0.3 is 0 Å².